The van der Waals surface area contributed by atoms with E-state index in [9.17, 15) is 25.2 Å². The zero-order valence-electron chi connectivity index (χ0n) is 26.1. The van der Waals surface area contributed by atoms with E-state index in [1.807, 2.05) is 10.9 Å². The maximum atomic E-state index is 12.6. The molecule has 3 aromatic rings. The number of hydrogen-bond acceptors (Lipinski definition) is 16. The molecule has 1 saturated heterocycles. The van der Waals surface area contributed by atoms with Crippen LogP contribution in [0.2, 0.25) is 0 Å². The molecule has 1 saturated carbocycles. The second-order valence-corrected chi connectivity index (χ2v) is 12.7. The molecule has 17 nitrogen and oxygen atoms in total. The van der Waals surface area contributed by atoms with Gasteiger partial charge in [-0.2, -0.15) is 0 Å². The Hall–Kier alpha value is -2.78. The van der Waals surface area contributed by atoms with Crippen LogP contribution in [0.3, 0.4) is 0 Å². The van der Waals surface area contributed by atoms with Crippen molar-refractivity contribution in [3.05, 3.63) is 39.9 Å². The van der Waals surface area contributed by atoms with Gasteiger partial charge in [-0.1, -0.05) is 16.8 Å². The summed E-state index contributed by atoms with van der Waals surface area (Å²) in [4.78, 5) is 17.1. The molecule has 3 aromatic heterocycles. The first kappa shape index (κ1) is 35.5. The number of carbonyl (C=O) groups excluding carboxylic acids is 1. The van der Waals surface area contributed by atoms with Crippen molar-refractivity contribution in [2.45, 2.75) is 82.5 Å². The van der Waals surface area contributed by atoms with Gasteiger partial charge in [-0.05, 0) is 18.8 Å². The van der Waals surface area contributed by atoms with Crippen LogP contribution < -0.4 is 0 Å². The Kier molecular flexibility index (Phi) is 13.7. The average molecular weight is 682 g/mol. The Labute approximate surface area is 275 Å². The Morgan fingerprint density at radius 2 is 1.53 bits per heavy atom. The van der Waals surface area contributed by atoms with E-state index in [0.717, 1.165) is 29.5 Å². The van der Waals surface area contributed by atoms with Crippen molar-refractivity contribution in [2.75, 3.05) is 46.2 Å². The number of nitrogens with zero attached hydrogens (tertiary/aromatic N) is 7. The molecule has 0 aromatic carbocycles. The maximum Gasteiger partial charge on any atom is 0.200 e. The smallest absolute Gasteiger partial charge is 0.200 e. The Morgan fingerprint density at radius 1 is 0.872 bits per heavy atom. The van der Waals surface area contributed by atoms with E-state index in [2.05, 4.69) is 25.6 Å². The summed E-state index contributed by atoms with van der Waals surface area (Å²) >= 11 is 1.12. The predicted octanol–water partition coefficient (Wildman–Crippen LogP) is -0.839. The van der Waals surface area contributed by atoms with E-state index in [1.54, 1.807) is 10.9 Å². The molecular weight excluding hydrogens is 638 g/mol. The van der Waals surface area contributed by atoms with Crippen LogP contribution >= 0.6 is 11.3 Å². The largest absolute Gasteiger partial charge is 0.394 e. The highest BCUT2D eigenvalue weighted by atomic mass is 32.1. The number of aliphatic hydroxyl groups is 4. The number of carbonyl (C=O) groups is 1. The van der Waals surface area contributed by atoms with Gasteiger partial charge in [0.05, 0.1) is 87.8 Å². The lowest BCUT2D eigenvalue weighted by molar-refractivity contribution is -0.228. The van der Waals surface area contributed by atoms with Crippen molar-refractivity contribution in [1.82, 2.24) is 35.0 Å². The average Bonchev–Trinajstić information content (AvgIpc) is 3.82. The molecule has 5 unspecified atom stereocenters. The number of aliphatic hydroxyl groups excluding tert-OH is 4. The third-order valence-corrected chi connectivity index (χ3v) is 9.04. The molecule has 1 aliphatic heterocycles. The fourth-order valence-corrected chi connectivity index (χ4v) is 5.98. The van der Waals surface area contributed by atoms with E-state index in [0.29, 0.717) is 61.8 Å². The maximum absolute atomic E-state index is 12.6. The van der Waals surface area contributed by atoms with Crippen molar-refractivity contribution >= 4 is 17.1 Å². The molecule has 260 valence electrons. The molecule has 2 aliphatic rings. The lowest BCUT2D eigenvalue weighted by atomic mass is 9.85. The summed E-state index contributed by atoms with van der Waals surface area (Å²) in [5, 5.41) is 56.4. The zero-order chi connectivity index (χ0) is 33.0. The molecular formula is C29H43N7O10S. The molecule has 0 spiro atoms. The van der Waals surface area contributed by atoms with Crippen molar-refractivity contribution < 1.29 is 48.9 Å². The lowest BCUT2D eigenvalue weighted by Crippen LogP contribution is -2.58. The van der Waals surface area contributed by atoms with Gasteiger partial charge in [0, 0.05) is 19.2 Å². The van der Waals surface area contributed by atoms with Crippen LogP contribution in [0.5, 0.6) is 0 Å². The van der Waals surface area contributed by atoms with Crippen LogP contribution in [0.15, 0.2) is 18.6 Å². The number of thiazole rings is 1. The van der Waals surface area contributed by atoms with Gasteiger partial charge in [-0.15, -0.1) is 21.5 Å². The summed E-state index contributed by atoms with van der Waals surface area (Å²) < 4.78 is 31.3. The summed E-state index contributed by atoms with van der Waals surface area (Å²) in [6, 6.07) is 0. The van der Waals surface area contributed by atoms with Gasteiger partial charge in [-0.3, -0.25) is 9.48 Å². The van der Waals surface area contributed by atoms with Gasteiger partial charge in [0.15, 0.2) is 5.78 Å². The van der Waals surface area contributed by atoms with Crippen LogP contribution in [0, 0.1) is 5.92 Å². The fraction of sp³-hybridized carbons (Fsp3) is 0.724. The second-order valence-electron chi connectivity index (χ2n) is 11.6. The number of hydrogen-bond donors (Lipinski definition) is 4. The van der Waals surface area contributed by atoms with E-state index < -0.39 is 37.1 Å². The molecule has 0 amide bonds. The Morgan fingerprint density at radius 3 is 2.26 bits per heavy atom. The minimum absolute atomic E-state index is 0.0951. The minimum atomic E-state index is -1.46. The molecule has 2 fully saturated rings. The molecule has 47 heavy (non-hydrogen) atoms. The minimum Gasteiger partial charge on any atom is -0.394 e. The Balaban J connectivity index is 0.879. The van der Waals surface area contributed by atoms with E-state index >= 15 is 0 Å². The number of Topliss-reactive ketones (excluding diaryl/α,β-unsaturated/α-hetero) is 1. The molecule has 18 heteroatoms. The first-order valence-corrected chi connectivity index (χ1v) is 16.6. The third-order valence-electron chi connectivity index (χ3n) is 7.98. The third kappa shape index (κ3) is 10.6. The lowest BCUT2D eigenvalue weighted by Gasteiger charge is -2.39. The normalized spacial score (nSPS) is 23.3. The number of ether oxygens (including phenoxy) is 5. The van der Waals surface area contributed by atoms with Crippen LogP contribution in [0.25, 0.3) is 0 Å². The van der Waals surface area contributed by atoms with Gasteiger partial charge >= 0.3 is 0 Å². The molecule has 4 heterocycles. The topological polar surface area (TPSA) is 218 Å². The highest BCUT2D eigenvalue weighted by Crippen LogP contribution is 2.28. The van der Waals surface area contributed by atoms with Crippen molar-refractivity contribution in [3.63, 3.8) is 0 Å². The highest BCUT2D eigenvalue weighted by Gasteiger charge is 2.43. The quantitative estimate of drug-likeness (QED) is 0.0796. The first-order valence-electron chi connectivity index (χ1n) is 15.8. The summed E-state index contributed by atoms with van der Waals surface area (Å²) in [6.07, 6.45) is 2.89. The number of ketones is 1. The Bertz CT molecular complexity index is 1370. The van der Waals surface area contributed by atoms with E-state index in [4.69, 9.17) is 23.7 Å². The van der Waals surface area contributed by atoms with Gasteiger partial charge in [-0.25, -0.2) is 9.67 Å². The standard InChI is InChI=1S/C29H43N7O10S/c37-15-24-28(40)29(41)27(39)23(46-24)10-26-30-11-25(47-26)22(38)18-45-17-20-13-35(33-31-20)4-5-42-6-7-43-8-9-44-16-21-14-36(34-32-21)12-19-2-1-3-19/h11,13-14,19,23-24,27-29,37,39-41H,1-10,12,15-18H2. The molecule has 5 rings (SSSR count). The van der Waals surface area contributed by atoms with Crippen LogP contribution in [-0.2, 0) is 56.4 Å². The van der Waals surface area contributed by atoms with Gasteiger partial charge < -0.3 is 44.1 Å². The van der Waals surface area contributed by atoms with Crippen LogP contribution in [-0.4, -0.2) is 138 Å². The van der Waals surface area contributed by atoms with Crippen LogP contribution in [0.4, 0.5) is 0 Å². The van der Waals surface area contributed by atoms with Crippen LogP contribution in [0.1, 0.15) is 45.3 Å². The number of rotatable bonds is 21. The molecule has 0 radical (unpaired) electrons. The highest BCUT2D eigenvalue weighted by molar-refractivity contribution is 7.13. The predicted molar refractivity (Wildman–Crippen MR) is 162 cm³/mol. The van der Waals surface area contributed by atoms with Gasteiger partial charge in [0.1, 0.15) is 42.4 Å². The van der Waals surface area contributed by atoms with Crippen molar-refractivity contribution in [3.8, 4) is 0 Å². The molecule has 0 bridgehead atoms. The monoisotopic (exact) mass is 681 g/mol. The second kappa shape index (κ2) is 18.1. The summed E-state index contributed by atoms with van der Waals surface area (Å²) in [7, 11) is 0. The summed E-state index contributed by atoms with van der Waals surface area (Å²) in [6.45, 7) is 3.46. The molecule has 4 N–H and O–H groups in total. The molecule has 1 aliphatic carbocycles. The van der Waals surface area contributed by atoms with Gasteiger partial charge in [0.2, 0.25) is 0 Å². The SMILES string of the molecule is O=C(COCc1cn(CCOCCOCCOCc2cn(CC3CCC3)nn2)nn1)c1cnc(CC2OC(CO)C(O)C(O)C2O)s1. The molecule has 5 atom stereocenters. The van der Waals surface area contributed by atoms with Crippen molar-refractivity contribution in [1.29, 1.82) is 0 Å². The summed E-state index contributed by atoms with van der Waals surface area (Å²) in [5.41, 5.74) is 1.39. The summed E-state index contributed by atoms with van der Waals surface area (Å²) in [5.74, 6) is 0.457. The first-order chi connectivity index (χ1) is 22.9. The van der Waals surface area contributed by atoms with E-state index in [-0.39, 0.29) is 25.4 Å². The fourth-order valence-electron chi connectivity index (χ4n) is 5.09. The zero-order valence-corrected chi connectivity index (χ0v) is 26.9. The van der Waals surface area contributed by atoms with Crippen molar-refractivity contribution in [2.24, 2.45) is 5.92 Å². The number of aromatic nitrogens is 7. The van der Waals surface area contributed by atoms with E-state index in [1.165, 1.54) is 25.5 Å². The van der Waals surface area contributed by atoms with Gasteiger partial charge in [0.25, 0.3) is 0 Å².